The highest BCUT2D eigenvalue weighted by Gasteiger charge is 2.43. The predicted molar refractivity (Wildman–Crippen MR) is 57.9 cm³/mol. The lowest BCUT2D eigenvalue weighted by atomic mass is 10.0. The number of hydrogen-bond donors (Lipinski definition) is 2. The van der Waals surface area contributed by atoms with Gasteiger partial charge in [0, 0.05) is 5.92 Å². The quantitative estimate of drug-likeness (QED) is 0.771. The first-order chi connectivity index (χ1) is 8.45. The van der Waals surface area contributed by atoms with Crippen molar-refractivity contribution in [3.63, 3.8) is 0 Å². The van der Waals surface area contributed by atoms with Crippen molar-refractivity contribution in [2.75, 3.05) is 12.3 Å². The molecule has 1 aromatic rings. The number of aliphatic hydroxyl groups excluding tert-OH is 1. The van der Waals surface area contributed by atoms with Crippen molar-refractivity contribution in [2.45, 2.75) is 25.4 Å². The number of alkyl halides is 1. The van der Waals surface area contributed by atoms with E-state index in [0.717, 1.165) is 6.20 Å². The summed E-state index contributed by atoms with van der Waals surface area (Å²) >= 11 is 0. The number of nitrogens with zero attached hydrogens (tertiary/aromatic N) is 2. The molecule has 4 atom stereocenters. The van der Waals surface area contributed by atoms with E-state index in [9.17, 15) is 13.6 Å². The van der Waals surface area contributed by atoms with E-state index >= 15 is 0 Å². The third-order valence-corrected chi connectivity index (χ3v) is 3.06. The molecule has 100 valence electrons. The molecule has 3 N–H and O–H groups in total. The van der Waals surface area contributed by atoms with Gasteiger partial charge in [-0.25, -0.2) is 13.6 Å². The number of halogens is 2. The Morgan fingerprint density at radius 3 is 2.89 bits per heavy atom. The minimum atomic E-state index is -1.54. The van der Waals surface area contributed by atoms with Crippen LogP contribution >= 0.6 is 0 Å². The first-order valence-corrected chi connectivity index (χ1v) is 5.40. The summed E-state index contributed by atoms with van der Waals surface area (Å²) in [4.78, 5) is 14.8. The van der Waals surface area contributed by atoms with E-state index in [1.807, 2.05) is 0 Å². The van der Waals surface area contributed by atoms with Gasteiger partial charge in [0.1, 0.15) is 0 Å². The van der Waals surface area contributed by atoms with Crippen molar-refractivity contribution in [1.82, 2.24) is 9.55 Å². The molecule has 0 amide bonds. The first-order valence-electron chi connectivity index (χ1n) is 5.40. The van der Waals surface area contributed by atoms with E-state index < -0.39 is 41.7 Å². The molecule has 1 aliphatic heterocycles. The van der Waals surface area contributed by atoms with Crippen molar-refractivity contribution >= 4 is 5.82 Å². The van der Waals surface area contributed by atoms with Gasteiger partial charge in [-0.15, -0.1) is 0 Å². The summed E-state index contributed by atoms with van der Waals surface area (Å²) in [6, 6.07) is 0. The van der Waals surface area contributed by atoms with Crippen molar-refractivity contribution < 1.29 is 18.6 Å². The lowest BCUT2D eigenvalue weighted by Crippen LogP contribution is -2.32. The molecule has 0 bridgehead atoms. The van der Waals surface area contributed by atoms with E-state index in [1.54, 1.807) is 0 Å². The number of anilines is 1. The van der Waals surface area contributed by atoms with Gasteiger partial charge in [-0.05, 0) is 0 Å². The number of aliphatic hydroxyl groups is 1. The molecule has 2 rings (SSSR count). The average Bonchev–Trinajstić information content (AvgIpc) is 2.61. The first kappa shape index (κ1) is 12.9. The molecule has 1 unspecified atom stereocenters. The molecule has 0 radical (unpaired) electrons. The summed E-state index contributed by atoms with van der Waals surface area (Å²) < 4.78 is 33.1. The Kier molecular flexibility index (Phi) is 3.31. The van der Waals surface area contributed by atoms with Gasteiger partial charge in [-0.2, -0.15) is 4.98 Å². The highest BCUT2D eigenvalue weighted by atomic mass is 19.1. The third-order valence-electron chi connectivity index (χ3n) is 3.06. The summed E-state index contributed by atoms with van der Waals surface area (Å²) in [6.45, 7) is 1.16. The predicted octanol–water partition coefficient (Wildman–Crippen LogP) is -0.171. The Hall–Kier alpha value is -1.54. The van der Waals surface area contributed by atoms with E-state index in [0.29, 0.717) is 4.57 Å². The molecular weight excluding hydrogens is 248 g/mol. The molecule has 6 nitrogen and oxygen atoms in total. The van der Waals surface area contributed by atoms with Gasteiger partial charge in [-0.3, -0.25) is 4.57 Å². The van der Waals surface area contributed by atoms with Crippen LogP contribution in [-0.2, 0) is 4.74 Å². The second-order valence-electron chi connectivity index (χ2n) is 4.22. The minimum Gasteiger partial charge on any atom is -0.394 e. The third kappa shape index (κ3) is 1.97. The van der Waals surface area contributed by atoms with E-state index in [-0.39, 0.29) is 6.61 Å². The monoisotopic (exact) mass is 261 g/mol. The second-order valence-corrected chi connectivity index (χ2v) is 4.22. The summed E-state index contributed by atoms with van der Waals surface area (Å²) in [6.07, 6.45) is -2.82. The van der Waals surface area contributed by atoms with Gasteiger partial charge >= 0.3 is 5.69 Å². The van der Waals surface area contributed by atoms with Crippen LogP contribution in [0.15, 0.2) is 11.0 Å². The molecule has 1 saturated heterocycles. The van der Waals surface area contributed by atoms with Crippen molar-refractivity contribution in [1.29, 1.82) is 0 Å². The number of nitrogen functional groups attached to an aromatic ring is 1. The summed E-state index contributed by atoms with van der Waals surface area (Å²) in [5.41, 5.74) is 4.23. The summed E-state index contributed by atoms with van der Waals surface area (Å²) in [5, 5.41) is 9.00. The molecule has 2 heterocycles. The number of ether oxygens (including phenoxy) is 1. The Morgan fingerprint density at radius 1 is 1.67 bits per heavy atom. The Labute approximate surface area is 101 Å². The number of rotatable bonds is 2. The molecular formula is C10H13F2N3O3. The molecule has 1 aliphatic rings. The van der Waals surface area contributed by atoms with E-state index in [2.05, 4.69) is 4.98 Å². The number of nitrogens with two attached hydrogens (primary N) is 1. The zero-order valence-electron chi connectivity index (χ0n) is 9.59. The van der Waals surface area contributed by atoms with Crippen molar-refractivity contribution in [3.05, 3.63) is 22.5 Å². The van der Waals surface area contributed by atoms with E-state index in [1.165, 1.54) is 6.92 Å². The topological polar surface area (TPSA) is 90.4 Å². The summed E-state index contributed by atoms with van der Waals surface area (Å²) in [7, 11) is 0. The minimum absolute atomic E-state index is 0.377. The fraction of sp³-hybridized carbons (Fsp3) is 0.600. The molecule has 0 aliphatic carbocycles. The lowest BCUT2D eigenvalue weighted by Gasteiger charge is -2.16. The van der Waals surface area contributed by atoms with Crippen LogP contribution in [0.1, 0.15) is 13.2 Å². The molecule has 0 spiro atoms. The molecule has 0 aromatic carbocycles. The van der Waals surface area contributed by atoms with Gasteiger partial charge in [-0.1, -0.05) is 6.92 Å². The average molecular weight is 261 g/mol. The standard InChI is InChI=1S/C10H13F2N3O3/c1-4-6(3-16)18-9(7(4)12)15-2-5(11)8(13)14-10(15)17/h2,4,6-7,9,16H,3H2,1H3,(H2,13,14,17)/t4?,6-,7+,9-/m1/s1. The fourth-order valence-electron chi connectivity index (χ4n) is 1.91. The SMILES string of the molecule is CC1[C@@H](CO)O[C@@H](n2cc(F)c(N)nc2=O)[C@H]1F. The number of hydrogen-bond acceptors (Lipinski definition) is 5. The normalized spacial score (nSPS) is 31.8. The smallest absolute Gasteiger partial charge is 0.351 e. The van der Waals surface area contributed by atoms with Crippen LogP contribution < -0.4 is 11.4 Å². The van der Waals surface area contributed by atoms with Gasteiger partial charge in [0.15, 0.2) is 24.0 Å². The second kappa shape index (κ2) is 4.62. The van der Waals surface area contributed by atoms with Crippen LogP contribution in [0.3, 0.4) is 0 Å². The van der Waals surface area contributed by atoms with E-state index in [4.69, 9.17) is 15.6 Å². The Bertz CT molecular complexity index is 508. The van der Waals surface area contributed by atoms with Crippen LogP contribution in [0.5, 0.6) is 0 Å². The summed E-state index contributed by atoms with van der Waals surface area (Å²) in [5.74, 6) is -2.07. The van der Waals surface area contributed by atoms with Crippen LogP contribution in [0.4, 0.5) is 14.6 Å². The molecule has 8 heteroatoms. The van der Waals surface area contributed by atoms with Crippen LogP contribution in [0.2, 0.25) is 0 Å². The molecule has 1 fully saturated rings. The Balaban J connectivity index is 2.39. The van der Waals surface area contributed by atoms with Crippen LogP contribution in [0.25, 0.3) is 0 Å². The zero-order chi connectivity index (χ0) is 13.4. The number of aromatic nitrogens is 2. The van der Waals surface area contributed by atoms with Crippen molar-refractivity contribution in [3.8, 4) is 0 Å². The zero-order valence-corrected chi connectivity index (χ0v) is 9.59. The van der Waals surface area contributed by atoms with Gasteiger partial charge in [0.05, 0.1) is 18.9 Å². The maximum atomic E-state index is 13.9. The molecule has 1 aromatic heterocycles. The van der Waals surface area contributed by atoms with Gasteiger partial charge in [0.25, 0.3) is 0 Å². The Morgan fingerprint density at radius 2 is 2.33 bits per heavy atom. The fourth-order valence-corrected chi connectivity index (χ4v) is 1.91. The largest absolute Gasteiger partial charge is 0.394 e. The molecule has 0 saturated carbocycles. The van der Waals surface area contributed by atoms with Crippen LogP contribution in [0, 0.1) is 11.7 Å². The highest BCUT2D eigenvalue weighted by molar-refractivity contribution is 5.26. The maximum absolute atomic E-state index is 13.9. The van der Waals surface area contributed by atoms with Crippen LogP contribution in [-0.4, -0.2) is 33.5 Å². The molecule has 18 heavy (non-hydrogen) atoms. The van der Waals surface area contributed by atoms with Gasteiger partial charge in [0.2, 0.25) is 0 Å². The van der Waals surface area contributed by atoms with Gasteiger partial charge < -0.3 is 15.6 Å². The van der Waals surface area contributed by atoms with Crippen molar-refractivity contribution in [2.24, 2.45) is 5.92 Å². The highest BCUT2D eigenvalue weighted by Crippen LogP contribution is 2.35. The lowest BCUT2D eigenvalue weighted by molar-refractivity contribution is -0.0422. The maximum Gasteiger partial charge on any atom is 0.351 e.